The van der Waals surface area contributed by atoms with Crippen LogP contribution in [-0.2, 0) is 24.6 Å². The molecule has 0 fully saturated rings. The Morgan fingerprint density at radius 2 is 1.27 bits per heavy atom. The van der Waals surface area contributed by atoms with Gasteiger partial charge in [0.15, 0.2) is 0 Å². The molecule has 5 rings (SSSR count). The minimum absolute atomic E-state index is 0.0728. The maximum absolute atomic E-state index is 6.98. The van der Waals surface area contributed by atoms with E-state index in [0.717, 1.165) is 37.9 Å². The Morgan fingerprint density at radius 3 is 1.89 bits per heavy atom. The van der Waals surface area contributed by atoms with E-state index in [-0.39, 0.29) is 5.16 Å². The predicted molar refractivity (Wildman–Crippen MR) is 190 cm³/mol. The molecule has 0 aliphatic heterocycles. The Bertz CT molecular complexity index is 1630. The number of hydrogen-bond donors (Lipinski definition) is 0. The number of aliphatic imine (C=N–C) groups is 1. The largest absolute Gasteiger partial charge is 0.488 e. The highest BCUT2D eigenvalue weighted by molar-refractivity contribution is 7.48. The zero-order chi connectivity index (χ0) is 30.6. The summed E-state index contributed by atoms with van der Waals surface area (Å²) in [6.07, 6.45) is 6.93. The number of nitrogens with zero attached hydrogens (tertiary/aromatic N) is 1. The summed E-state index contributed by atoms with van der Waals surface area (Å²) >= 11 is 0. The van der Waals surface area contributed by atoms with Gasteiger partial charge in [-0.2, -0.15) is 0 Å². The highest BCUT2D eigenvalue weighted by atomic mass is 31.1. The van der Waals surface area contributed by atoms with Gasteiger partial charge in [0.1, 0.15) is 12.4 Å². The van der Waals surface area contributed by atoms with E-state index < -0.39 is 0 Å². The lowest BCUT2D eigenvalue weighted by Crippen LogP contribution is -2.25. The van der Waals surface area contributed by atoms with Crippen molar-refractivity contribution in [2.45, 2.75) is 57.7 Å². The van der Waals surface area contributed by atoms with Crippen LogP contribution in [0.25, 0.3) is 0 Å². The zero-order valence-electron chi connectivity index (χ0n) is 26.3. The van der Waals surface area contributed by atoms with Crippen molar-refractivity contribution in [1.82, 2.24) is 0 Å². The summed E-state index contributed by atoms with van der Waals surface area (Å²) in [7, 11) is 2.44. The Labute approximate surface area is 266 Å². The molecular weight excluding hydrogens is 553 g/mol. The number of hydrogen-bond acceptors (Lipinski definition) is 2. The van der Waals surface area contributed by atoms with Crippen LogP contribution in [0, 0.1) is 0 Å². The van der Waals surface area contributed by atoms with Gasteiger partial charge in [0.05, 0.1) is 0 Å². The van der Waals surface area contributed by atoms with Crippen molar-refractivity contribution in [3.63, 3.8) is 0 Å². The SMILES string of the molecule is CCCC(CC)(Pc1ccccc1C=NC)c1cc(Cc2ccccc2)cc(Cc2ccccc2)c1OCc1ccccc1. The molecule has 0 radical (unpaired) electrons. The molecule has 0 saturated carbocycles. The Morgan fingerprint density at radius 1 is 0.682 bits per heavy atom. The van der Waals surface area contributed by atoms with Crippen molar-refractivity contribution < 1.29 is 4.74 Å². The van der Waals surface area contributed by atoms with Crippen molar-refractivity contribution in [3.05, 3.63) is 166 Å². The van der Waals surface area contributed by atoms with Gasteiger partial charge in [0.2, 0.25) is 0 Å². The fourth-order valence-electron chi connectivity index (χ4n) is 6.16. The molecule has 3 heteroatoms. The molecule has 5 aromatic carbocycles. The average Bonchev–Trinajstić information content (AvgIpc) is 3.06. The van der Waals surface area contributed by atoms with Crippen molar-refractivity contribution in [3.8, 4) is 5.75 Å². The third kappa shape index (κ3) is 7.93. The van der Waals surface area contributed by atoms with Crippen LogP contribution >= 0.6 is 8.58 Å². The van der Waals surface area contributed by atoms with Gasteiger partial charge in [-0.3, -0.25) is 4.99 Å². The molecule has 0 spiro atoms. The van der Waals surface area contributed by atoms with Gasteiger partial charge in [-0.1, -0.05) is 156 Å². The van der Waals surface area contributed by atoms with E-state index in [2.05, 4.69) is 146 Å². The lowest BCUT2D eigenvalue weighted by Gasteiger charge is -2.37. The molecule has 0 saturated heterocycles. The number of ether oxygens (including phenoxy) is 1. The third-order valence-corrected chi connectivity index (χ3v) is 10.4. The molecule has 0 N–H and O–H groups in total. The molecule has 0 heterocycles. The molecule has 2 unspecified atom stereocenters. The Balaban J connectivity index is 1.71. The third-order valence-electron chi connectivity index (χ3n) is 8.34. The smallest absolute Gasteiger partial charge is 0.127 e. The molecule has 0 aromatic heterocycles. The molecule has 5 aromatic rings. The normalized spacial score (nSPS) is 13.0. The first-order chi connectivity index (χ1) is 21.6. The van der Waals surface area contributed by atoms with E-state index in [1.54, 1.807) is 0 Å². The summed E-state index contributed by atoms with van der Waals surface area (Å²) in [6, 6.07) is 45.9. The first-order valence-electron chi connectivity index (χ1n) is 15.8. The number of benzene rings is 5. The molecule has 2 atom stereocenters. The van der Waals surface area contributed by atoms with Crippen LogP contribution in [0.15, 0.2) is 132 Å². The highest BCUT2D eigenvalue weighted by Crippen LogP contribution is 2.52. The summed E-state index contributed by atoms with van der Waals surface area (Å²) in [5.41, 5.74) is 8.96. The van der Waals surface area contributed by atoms with Gasteiger partial charge in [-0.15, -0.1) is 0 Å². The predicted octanol–water partition coefficient (Wildman–Crippen LogP) is 9.91. The minimum atomic E-state index is -0.0728. The summed E-state index contributed by atoms with van der Waals surface area (Å²) in [6.45, 7) is 5.22. The van der Waals surface area contributed by atoms with Crippen LogP contribution in [0.3, 0.4) is 0 Å². The zero-order valence-corrected chi connectivity index (χ0v) is 27.3. The summed E-state index contributed by atoms with van der Waals surface area (Å²) in [4.78, 5) is 4.40. The van der Waals surface area contributed by atoms with Crippen LogP contribution in [0.5, 0.6) is 5.75 Å². The Hall–Kier alpha value is -4.00. The van der Waals surface area contributed by atoms with E-state index in [1.165, 1.54) is 44.2 Å². The second kappa shape index (κ2) is 15.6. The molecule has 44 heavy (non-hydrogen) atoms. The monoisotopic (exact) mass is 597 g/mol. The lowest BCUT2D eigenvalue weighted by atomic mass is 9.85. The van der Waals surface area contributed by atoms with Gasteiger partial charge < -0.3 is 4.74 Å². The van der Waals surface area contributed by atoms with E-state index in [9.17, 15) is 0 Å². The van der Waals surface area contributed by atoms with Gasteiger partial charge in [0.25, 0.3) is 0 Å². The van der Waals surface area contributed by atoms with Crippen LogP contribution in [0.2, 0.25) is 0 Å². The molecule has 0 amide bonds. The molecule has 0 aliphatic carbocycles. The molecular formula is C41H44NOP. The molecule has 0 aliphatic rings. The van der Waals surface area contributed by atoms with Crippen LogP contribution in [0.4, 0.5) is 0 Å². The van der Waals surface area contributed by atoms with E-state index in [4.69, 9.17) is 4.74 Å². The first kappa shape index (κ1) is 31.4. The first-order valence-corrected chi connectivity index (χ1v) is 16.8. The van der Waals surface area contributed by atoms with Gasteiger partial charge >= 0.3 is 0 Å². The Kier molecular flexibility index (Phi) is 11.2. The second-order valence-corrected chi connectivity index (χ2v) is 13.3. The van der Waals surface area contributed by atoms with Crippen LogP contribution < -0.4 is 10.0 Å². The molecule has 224 valence electrons. The fraction of sp³-hybridized carbons (Fsp3) is 0.244. The van der Waals surface area contributed by atoms with Gasteiger partial charge in [-0.25, -0.2) is 0 Å². The lowest BCUT2D eigenvalue weighted by molar-refractivity contribution is 0.295. The summed E-state index contributed by atoms with van der Waals surface area (Å²) < 4.78 is 6.98. The van der Waals surface area contributed by atoms with Crippen LogP contribution in [0.1, 0.15) is 72.1 Å². The highest BCUT2D eigenvalue weighted by Gasteiger charge is 2.35. The summed E-state index contributed by atoms with van der Waals surface area (Å²) in [5.74, 6) is 1.05. The molecule has 0 bridgehead atoms. The maximum Gasteiger partial charge on any atom is 0.127 e. The van der Waals surface area contributed by atoms with Crippen molar-refractivity contribution in [2.24, 2.45) is 4.99 Å². The van der Waals surface area contributed by atoms with Crippen molar-refractivity contribution in [1.29, 1.82) is 0 Å². The second-order valence-electron chi connectivity index (χ2n) is 11.5. The maximum atomic E-state index is 6.98. The van der Waals surface area contributed by atoms with Gasteiger partial charge in [-0.05, 0) is 57.9 Å². The standard InChI is InChI=1S/C41H44NOP/c1-4-25-41(5-2,44-39-24-16-15-23-36(39)30-42-3)38-29-35(26-32-17-9-6-10-18-32)28-37(27-33-19-11-7-12-20-33)40(38)43-31-34-21-13-8-14-22-34/h6-24,28-30,44H,4-5,25-27,31H2,1-3H3. The quantitative estimate of drug-likeness (QED) is 0.0922. The van der Waals surface area contributed by atoms with E-state index in [0.29, 0.717) is 15.2 Å². The van der Waals surface area contributed by atoms with E-state index in [1.807, 2.05) is 13.3 Å². The van der Waals surface area contributed by atoms with Crippen molar-refractivity contribution >= 4 is 20.1 Å². The van der Waals surface area contributed by atoms with Gasteiger partial charge in [0, 0.05) is 30.4 Å². The molecule has 2 nitrogen and oxygen atoms in total. The summed E-state index contributed by atoms with van der Waals surface area (Å²) in [5, 5.41) is 1.29. The van der Waals surface area contributed by atoms with E-state index >= 15 is 0 Å². The number of rotatable bonds is 14. The van der Waals surface area contributed by atoms with Crippen LogP contribution in [-0.4, -0.2) is 13.3 Å². The minimum Gasteiger partial charge on any atom is -0.488 e. The average molecular weight is 598 g/mol. The topological polar surface area (TPSA) is 21.6 Å². The van der Waals surface area contributed by atoms with Crippen molar-refractivity contribution in [2.75, 3.05) is 7.05 Å². The fourth-order valence-corrected chi connectivity index (χ4v) is 8.02.